The van der Waals surface area contributed by atoms with Crippen LogP contribution in [0.25, 0.3) is 0 Å². The molecule has 0 saturated heterocycles. The van der Waals surface area contributed by atoms with E-state index in [1.807, 2.05) is 0 Å². The third kappa shape index (κ3) is 56300. The van der Waals surface area contributed by atoms with Gasteiger partial charge in [0.15, 0.2) is 0 Å². The van der Waals surface area contributed by atoms with Gasteiger partial charge in [-0.2, -0.15) is 0 Å². The minimum atomic E-state index is -4.64. The normalized spacial score (nSPS) is 5.73. The average molecular weight is 262 g/mol. The zero-order chi connectivity index (χ0) is 8.08. The second-order valence-corrected chi connectivity index (χ2v) is 1.89. The highest BCUT2D eigenvalue weighted by Crippen LogP contribution is 2.25. The summed E-state index contributed by atoms with van der Waals surface area (Å²) in [6.45, 7) is 0. The van der Waals surface area contributed by atoms with Crippen LogP contribution in [0.4, 0.5) is 0 Å². The Labute approximate surface area is 87.4 Å². The predicted molar refractivity (Wildman–Crippen MR) is 56.8 cm³/mol. The maximum Gasteiger partial charge on any atom is 0.631 e. The van der Waals surface area contributed by atoms with Gasteiger partial charge in [0, 0.05) is 0 Å². The second kappa shape index (κ2) is 29.2. The molecule has 24 N–H and O–H groups in total. The standard InChI is InChI=1S/BH3O3.6H3N.H3O4P/c2-1(3)4;;;;;;;1-5(2,3)4/h2-4H;6*1H3;(H3,1,2,3,4). The lowest BCUT2D eigenvalue weighted by Crippen LogP contribution is -2.07. The van der Waals surface area contributed by atoms with E-state index in [0.717, 1.165) is 0 Å². The van der Waals surface area contributed by atoms with Gasteiger partial charge in [0.05, 0.1) is 0 Å². The van der Waals surface area contributed by atoms with Crippen LogP contribution in [0.2, 0.25) is 0 Å². The highest BCUT2D eigenvalue weighted by molar-refractivity contribution is 7.45. The van der Waals surface area contributed by atoms with E-state index >= 15 is 0 Å². The molecular weight excluding hydrogens is 238 g/mol. The van der Waals surface area contributed by atoms with Gasteiger partial charge in [-0.15, -0.1) is 0 Å². The van der Waals surface area contributed by atoms with Crippen molar-refractivity contribution in [1.29, 1.82) is 0 Å². The van der Waals surface area contributed by atoms with Crippen LogP contribution in [0, 0.1) is 0 Å². The summed E-state index contributed by atoms with van der Waals surface area (Å²) in [5.41, 5.74) is 0. The van der Waals surface area contributed by atoms with Crippen LogP contribution >= 0.6 is 7.82 Å². The van der Waals surface area contributed by atoms with Gasteiger partial charge in [-0.3, -0.25) is 0 Å². The molecular formula is H24BN6O7P. The molecule has 13 nitrogen and oxygen atoms in total. The lowest BCUT2D eigenvalue weighted by molar-refractivity contribution is 0.274. The van der Waals surface area contributed by atoms with E-state index in [1.54, 1.807) is 0 Å². The van der Waals surface area contributed by atoms with Crippen LogP contribution in [0.3, 0.4) is 0 Å². The van der Waals surface area contributed by atoms with Crippen molar-refractivity contribution in [3.63, 3.8) is 0 Å². The van der Waals surface area contributed by atoms with E-state index in [9.17, 15) is 0 Å². The summed E-state index contributed by atoms with van der Waals surface area (Å²) in [5, 5.41) is 21.5. The molecule has 0 radical (unpaired) electrons. The van der Waals surface area contributed by atoms with Crippen molar-refractivity contribution in [1.82, 2.24) is 36.9 Å². The molecule has 0 rings (SSSR count). The number of hydrogen-bond acceptors (Lipinski definition) is 10. The quantitative estimate of drug-likeness (QED) is 0.166. The van der Waals surface area contributed by atoms with Crippen LogP contribution < -0.4 is 36.9 Å². The van der Waals surface area contributed by atoms with Gasteiger partial charge in [0.25, 0.3) is 0 Å². The minimum Gasteiger partial charge on any atom is -0.402 e. The summed E-state index contributed by atoms with van der Waals surface area (Å²) in [6, 6.07) is 0. The molecule has 0 aromatic carbocycles. The first kappa shape index (κ1) is 60.9. The summed E-state index contributed by atoms with van der Waals surface area (Å²) < 4.78 is 8.88. The SMILES string of the molecule is N.N.N.N.N.N.O=P(O)(O)O.OB(O)O. The van der Waals surface area contributed by atoms with Gasteiger partial charge in [-0.1, -0.05) is 0 Å². The Hall–Kier alpha value is -0.185. The second-order valence-electron chi connectivity index (χ2n) is 0.860. The maximum absolute atomic E-state index is 8.88. The summed E-state index contributed by atoms with van der Waals surface area (Å²) in [4.78, 5) is 21.6. The molecule has 15 heavy (non-hydrogen) atoms. The zero-order valence-electron chi connectivity index (χ0n) is 8.36. The van der Waals surface area contributed by atoms with Gasteiger partial charge >= 0.3 is 15.1 Å². The molecule has 0 fully saturated rings. The summed E-state index contributed by atoms with van der Waals surface area (Å²) >= 11 is 0. The van der Waals surface area contributed by atoms with Crippen LogP contribution in [0.1, 0.15) is 0 Å². The van der Waals surface area contributed by atoms with Gasteiger partial charge in [0.1, 0.15) is 0 Å². The molecule has 0 amide bonds. The van der Waals surface area contributed by atoms with Crippen molar-refractivity contribution in [2.75, 3.05) is 0 Å². The minimum absolute atomic E-state index is 0. The first-order valence-electron chi connectivity index (χ1n) is 1.56. The summed E-state index contributed by atoms with van der Waals surface area (Å²) in [5.74, 6) is 0. The molecule has 104 valence electrons. The number of rotatable bonds is 0. The lowest BCUT2D eigenvalue weighted by Gasteiger charge is -1.82. The van der Waals surface area contributed by atoms with Crippen molar-refractivity contribution in [2.45, 2.75) is 0 Å². The topological polar surface area (TPSA) is 348 Å². The van der Waals surface area contributed by atoms with E-state index in [0.29, 0.717) is 0 Å². The Kier molecular flexibility index (Phi) is 119. The van der Waals surface area contributed by atoms with Crippen molar-refractivity contribution in [2.24, 2.45) is 0 Å². The van der Waals surface area contributed by atoms with Crippen LogP contribution in [-0.4, -0.2) is 37.1 Å². The van der Waals surface area contributed by atoms with Crippen LogP contribution in [0.5, 0.6) is 0 Å². The van der Waals surface area contributed by atoms with Gasteiger partial charge in [-0.25, -0.2) is 4.57 Å². The number of hydrogen-bond donors (Lipinski definition) is 12. The van der Waals surface area contributed by atoms with E-state index in [-0.39, 0.29) is 36.9 Å². The van der Waals surface area contributed by atoms with Crippen molar-refractivity contribution in [3.8, 4) is 0 Å². The number of phosphoric acid groups is 1. The van der Waals surface area contributed by atoms with Crippen molar-refractivity contribution >= 4 is 15.1 Å². The molecule has 0 aliphatic rings. The molecule has 0 spiro atoms. The van der Waals surface area contributed by atoms with Crippen LogP contribution in [-0.2, 0) is 4.57 Å². The summed E-state index contributed by atoms with van der Waals surface area (Å²) in [7, 11) is -6.81. The lowest BCUT2D eigenvalue weighted by atomic mass is 10.3. The fourth-order valence-electron chi connectivity index (χ4n) is 0. The largest absolute Gasteiger partial charge is 0.631 e. The molecule has 0 aliphatic carbocycles. The van der Waals surface area contributed by atoms with Crippen molar-refractivity contribution < 1.29 is 34.3 Å². The Balaban J connectivity index is -0.00000000785. The van der Waals surface area contributed by atoms with Crippen LogP contribution in [0.15, 0.2) is 0 Å². The smallest absolute Gasteiger partial charge is 0.402 e. The third-order valence-corrected chi connectivity index (χ3v) is 0. The monoisotopic (exact) mass is 262 g/mol. The Bertz CT molecular complexity index is 94.6. The molecule has 0 bridgehead atoms. The first-order chi connectivity index (χ1) is 3.73. The molecule has 0 aliphatic heterocycles. The summed E-state index contributed by atoms with van der Waals surface area (Å²) in [6.07, 6.45) is 0. The zero-order valence-corrected chi connectivity index (χ0v) is 9.25. The Morgan fingerprint density at radius 3 is 0.667 bits per heavy atom. The Morgan fingerprint density at radius 2 is 0.667 bits per heavy atom. The van der Waals surface area contributed by atoms with Gasteiger partial charge < -0.3 is 66.7 Å². The van der Waals surface area contributed by atoms with Gasteiger partial charge in [0.2, 0.25) is 0 Å². The van der Waals surface area contributed by atoms with E-state index in [2.05, 4.69) is 0 Å². The highest BCUT2D eigenvalue weighted by atomic mass is 31.2. The van der Waals surface area contributed by atoms with Crippen molar-refractivity contribution in [3.05, 3.63) is 0 Å². The molecule has 0 atom stereocenters. The molecule has 0 saturated carbocycles. The molecule has 0 heterocycles. The predicted octanol–water partition coefficient (Wildman–Crippen LogP) is -2.01. The van der Waals surface area contributed by atoms with E-state index in [4.69, 9.17) is 34.3 Å². The molecule has 0 unspecified atom stereocenters. The molecule has 15 heteroatoms. The highest BCUT2D eigenvalue weighted by Gasteiger charge is 2.00. The Morgan fingerprint density at radius 1 is 0.667 bits per heavy atom. The van der Waals surface area contributed by atoms with E-state index < -0.39 is 15.1 Å². The van der Waals surface area contributed by atoms with E-state index in [1.165, 1.54) is 0 Å². The first-order valence-corrected chi connectivity index (χ1v) is 3.12. The molecule has 0 aromatic heterocycles. The fourth-order valence-corrected chi connectivity index (χ4v) is 0. The average Bonchev–Trinajstić information content (AvgIpc) is 1.19. The third-order valence-electron chi connectivity index (χ3n) is 0. The van der Waals surface area contributed by atoms with Gasteiger partial charge in [-0.05, 0) is 0 Å². The fraction of sp³-hybridized carbons (Fsp3) is 0. The molecule has 0 aromatic rings. The maximum atomic E-state index is 8.88.